The summed E-state index contributed by atoms with van der Waals surface area (Å²) in [5.41, 5.74) is 0. The molecule has 0 aliphatic carbocycles. The quantitative estimate of drug-likeness (QED) is 0.565. The van der Waals surface area contributed by atoms with Crippen LogP contribution in [0, 0.1) is 0 Å². The summed E-state index contributed by atoms with van der Waals surface area (Å²) >= 11 is -0.207. The molecule has 1 fully saturated rings. The molecule has 1 heterocycles. The largest absolute Gasteiger partial charge is 0.381 e. The van der Waals surface area contributed by atoms with Crippen LogP contribution in [0.2, 0.25) is 0 Å². The molecule has 0 N–H and O–H groups in total. The Bertz CT molecular complexity index is 90.2. The molecule has 1 aliphatic rings. The molecule has 0 saturated carbocycles. The minimum absolute atomic E-state index is 0.151. The fourth-order valence-electron chi connectivity index (χ4n) is 0.842. The summed E-state index contributed by atoms with van der Waals surface area (Å²) < 4.78 is 19.8. The Morgan fingerprint density at radius 2 is 2.11 bits per heavy atom. The molecular weight excluding hydrogens is 140 g/mol. The van der Waals surface area contributed by atoms with E-state index < -0.39 is 0 Å². The molecule has 0 amide bonds. The molecule has 1 rings (SSSR count). The predicted molar refractivity (Wildman–Crippen MR) is 34.5 cm³/mol. The van der Waals surface area contributed by atoms with Crippen LogP contribution in [0.25, 0.3) is 0 Å². The first-order chi connectivity index (χ1) is 4.43. The van der Waals surface area contributed by atoms with E-state index in [0.717, 1.165) is 26.1 Å². The SMILES string of the molecule is O=[SH]OC1CCOCC1. The molecule has 0 bridgehead atoms. The average molecular weight is 150 g/mol. The average Bonchev–Trinajstić information content (AvgIpc) is 1.91. The molecule has 1 aliphatic heterocycles. The minimum atomic E-state index is -0.207. The van der Waals surface area contributed by atoms with Crippen molar-refractivity contribution >= 4 is 11.9 Å². The second-order valence-electron chi connectivity index (χ2n) is 1.99. The van der Waals surface area contributed by atoms with E-state index in [4.69, 9.17) is 8.92 Å². The summed E-state index contributed by atoms with van der Waals surface area (Å²) in [4.78, 5) is 0. The van der Waals surface area contributed by atoms with Crippen molar-refractivity contribution in [2.24, 2.45) is 0 Å². The molecule has 0 aromatic heterocycles. The molecule has 0 aromatic carbocycles. The van der Waals surface area contributed by atoms with Crippen molar-refractivity contribution in [2.45, 2.75) is 18.9 Å². The van der Waals surface area contributed by atoms with Gasteiger partial charge in [-0.1, -0.05) is 0 Å². The van der Waals surface area contributed by atoms with Gasteiger partial charge in [-0.15, -0.1) is 0 Å². The zero-order valence-corrected chi connectivity index (χ0v) is 5.97. The Morgan fingerprint density at radius 3 is 2.67 bits per heavy atom. The summed E-state index contributed by atoms with van der Waals surface area (Å²) in [6.45, 7) is 1.47. The van der Waals surface area contributed by atoms with Gasteiger partial charge in [-0.2, -0.15) is 0 Å². The number of ether oxygens (including phenoxy) is 1. The maximum absolute atomic E-state index is 9.91. The Morgan fingerprint density at radius 1 is 1.44 bits per heavy atom. The summed E-state index contributed by atoms with van der Waals surface area (Å²) in [7, 11) is 0. The lowest BCUT2D eigenvalue weighted by molar-refractivity contribution is 0.0327. The third-order valence-corrected chi connectivity index (χ3v) is 1.74. The smallest absolute Gasteiger partial charge is 0.142 e. The standard InChI is InChI=1S/C5H10O3S/c6-9-8-5-1-3-7-4-2-5/h5,9H,1-4H2. The van der Waals surface area contributed by atoms with Gasteiger partial charge < -0.3 is 4.74 Å². The summed E-state index contributed by atoms with van der Waals surface area (Å²) in [6.07, 6.45) is 1.89. The molecule has 54 valence electrons. The Kier molecular flexibility index (Phi) is 3.17. The lowest BCUT2D eigenvalue weighted by Crippen LogP contribution is -2.21. The molecule has 0 radical (unpaired) electrons. The normalized spacial score (nSPS) is 22.2. The van der Waals surface area contributed by atoms with Crippen molar-refractivity contribution < 1.29 is 13.1 Å². The molecule has 0 unspecified atom stereocenters. The summed E-state index contributed by atoms with van der Waals surface area (Å²) in [5.74, 6) is 0. The Hall–Kier alpha value is 0.0700. The van der Waals surface area contributed by atoms with Gasteiger partial charge in [-0.3, -0.25) is 4.18 Å². The summed E-state index contributed by atoms with van der Waals surface area (Å²) in [5, 5.41) is 0. The maximum Gasteiger partial charge on any atom is 0.142 e. The molecule has 0 atom stereocenters. The highest BCUT2D eigenvalue weighted by Gasteiger charge is 2.12. The van der Waals surface area contributed by atoms with Crippen LogP contribution in [-0.4, -0.2) is 23.5 Å². The molecule has 0 spiro atoms. The number of thiol groups is 1. The van der Waals surface area contributed by atoms with Crippen LogP contribution in [0.4, 0.5) is 0 Å². The van der Waals surface area contributed by atoms with Gasteiger partial charge >= 0.3 is 0 Å². The van der Waals surface area contributed by atoms with Gasteiger partial charge in [0.15, 0.2) is 0 Å². The van der Waals surface area contributed by atoms with E-state index in [9.17, 15) is 4.21 Å². The van der Waals surface area contributed by atoms with Crippen molar-refractivity contribution in [3.05, 3.63) is 0 Å². The zero-order chi connectivity index (χ0) is 6.53. The van der Waals surface area contributed by atoms with E-state index in [1.165, 1.54) is 0 Å². The van der Waals surface area contributed by atoms with Gasteiger partial charge in [0.1, 0.15) is 11.9 Å². The van der Waals surface area contributed by atoms with Crippen LogP contribution >= 0.6 is 0 Å². The van der Waals surface area contributed by atoms with Gasteiger partial charge in [-0.05, 0) is 12.8 Å². The van der Waals surface area contributed by atoms with Crippen LogP contribution in [-0.2, 0) is 20.9 Å². The highest BCUT2D eigenvalue weighted by atomic mass is 32.2. The first-order valence-electron chi connectivity index (χ1n) is 2.99. The highest BCUT2D eigenvalue weighted by Crippen LogP contribution is 2.09. The first-order valence-corrected chi connectivity index (χ1v) is 3.72. The summed E-state index contributed by atoms with van der Waals surface area (Å²) in [6, 6.07) is 0. The number of rotatable bonds is 2. The topological polar surface area (TPSA) is 35.5 Å². The van der Waals surface area contributed by atoms with E-state index in [0.29, 0.717) is 0 Å². The zero-order valence-electron chi connectivity index (χ0n) is 5.08. The Balaban J connectivity index is 2.15. The van der Waals surface area contributed by atoms with E-state index in [2.05, 4.69) is 0 Å². The fraction of sp³-hybridized carbons (Fsp3) is 1.00. The van der Waals surface area contributed by atoms with Crippen LogP contribution in [0.15, 0.2) is 0 Å². The first kappa shape index (κ1) is 7.18. The lowest BCUT2D eigenvalue weighted by atomic mass is 10.2. The number of hydrogen-bond acceptors (Lipinski definition) is 3. The van der Waals surface area contributed by atoms with Gasteiger partial charge in [0.25, 0.3) is 0 Å². The second kappa shape index (κ2) is 3.98. The Labute approximate surface area is 58.0 Å². The highest BCUT2D eigenvalue weighted by molar-refractivity contribution is 7.60. The van der Waals surface area contributed by atoms with Crippen LogP contribution in [0.5, 0.6) is 0 Å². The minimum Gasteiger partial charge on any atom is -0.381 e. The van der Waals surface area contributed by atoms with Crippen molar-refractivity contribution in [1.82, 2.24) is 0 Å². The van der Waals surface area contributed by atoms with Gasteiger partial charge in [0.2, 0.25) is 0 Å². The van der Waals surface area contributed by atoms with E-state index >= 15 is 0 Å². The van der Waals surface area contributed by atoms with E-state index in [1.54, 1.807) is 0 Å². The molecule has 4 heteroatoms. The lowest BCUT2D eigenvalue weighted by Gasteiger charge is -2.18. The van der Waals surface area contributed by atoms with Crippen LogP contribution in [0.1, 0.15) is 12.8 Å². The van der Waals surface area contributed by atoms with Gasteiger partial charge in [0.05, 0.1) is 6.10 Å². The third kappa shape index (κ3) is 2.43. The monoisotopic (exact) mass is 150 g/mol. The fourth-order valence-corrected chi connectivity index (χ4v) is 1.17. The third-order valence-electron chi connectivity index (χ3n) is 1.36. The van der Waals surface area contributed by atoms with Crippen molar-refractivity contribution in [3.63, 3.8) is 0 Å². The van der Waals surface area contributed by atoms with Crippen molar-refractivity contribution in [2.75, 3.05) is 13.2 Å². The maximum atomic E-state index is 9.91. The van der Waals surface area contributed by atoms with Gasteiger partial charge in [0, 0.05) is 13.2 Å². The van der Waals surface area contributed by atoms with E-state index in [-0.39, 0.29) is 18.1 Å². The van der Waals surface area contributed by atoms with Crippen LogP contribution < -0.4 is 0 Å². The van der Waals surface area contributed by atoms with Crippen molar-refractivity contribution in [3.8, 4) is 0 Å². The second-order valence-corrected chi connectivity index (χ2v) is 2.35. The molecular formula is C5H10O3S. The van der Waals surface area contributed by atoms with Crippen LogP contribution in [0.3, 0.4) is 0 Å². The predicted octanol–water partition coefficient (Wildman–Crippen LogP) is 0.0423. The van der Waals surface area contributed by atoms with E-state index in [1.807, 2.05) is 0 Å². The molecule has 1 saturated heterocycles. The van der Waals surface area contributed by atoms with Crippen molar-refractivity contribution in [1.29, 1.82) is 0 Å². The van der Waals surface area contributed by atoms with Gasteiger partial charge in [-0.25, -0.2) is 4.21 Å². The molecule has 0 aromatic rings. The molecule has 9 heavy (non-hydrogen) atoms. The molecule has 3 nitrogen and oxygen atoms in total. The number of hydrogen-bond donors (Lipinski definition) is 1.